The first-order valence-electron chi connectivity index (χ1n) is 7.77. The molecular weight excluding hydrogens is 251 g/mol. The maximum atomic E-state index is 13.5. The Morgan fingerprint density at radius 3 is 2.75 bits per heavy atom. The summed E-state index contributed by atoms with van der Waals surface area (Å²) in [5.74, 6) is 0.582. The Hall–Kier alpha value is -1.09. The van der Waals surface area contributed by atoms with Crippen LogP contribution < -0.4 is 10.2 Å². The van der Waals surface area contributed by atoms with Crippen LogP contribution in [0.25, 0.3) is 0 Å². The second kappa shape index (κ2) is 6.57. The van der Waals surface area contributed by atoms with Crippen molar-refractivity contribution >= 4 is 5.69 Å². The summed E-state index contributed by atoms with van der Waals surface area (Å²) in [6.07, 6.45) is 2.30. The molecule has 2 rings (SSSR count). The Bertz CT molecular complexity index is 445. The van der Waals surface area contributed by atoms with E-state index in [0.29, 0.717) is 18.0 Å². The second-order valence-electron chi connectivity index (χ2n) is 6.38. The molecule has 0 saturated carbocycles. The summed E-state index contributed by atoms with van der Waals surface area (Å²) in [6.45, 7) is 10.6. The topological polar surface area (TPSA) is 15.3 Å². The molecule has 1 fully saturated rings. The van der Waals surface area contributed by atoms with E-state index in [1.165, 1.54) is 6.42 Å². The summed E-state index contributed by atoms with van der Waals surface area (Å²) in [5.41, 5.74) is 1.89. The van der Waals surface area contributed by atoms with Crippen LogP contribution in [0.4, 0.5) is 10.1 Å². The minimum Gasteiger partial charge on any atom is -0.366 e. The smallest absolute Gasteiger partial charge is 0.126 e. The number of piperazine rings is 1. The number of anilines is 1. The molecule has 2 unspecified atom stereocenters. The first-order chi connectivity index (χ1) is 9.51. The van der Waals surface area contributed by atoms with Crippen LogP contribution in [0.2, 0.25) is 0 Å². The summed E-state index contributed by atoms with van der Waals surface area (Å²) in [6, 6.07) is 6.53. The van der Waals surface area contributed by atoms with E-state index in [-0.39, 0.29) is 5.82 Å². The highest BCUT2D eigenvalue weighted by Crippen LogP contribution is 2.25. The SMILES string of the molecule is CCC1CNC(CC(C)C)CN1c1ccc(F)c(C)c1. The summed E-state index contributed by atoms with van der Waals surface area (Å²) < 4.78 is 13.5. The lowest BCUT2D eigenvalue weighted by molar-refractivity contribution is 0.343. The van der Waals surface area contributed by atoms with Crippen LogP contribution in [-0.2, 0) is 0 Å². The van der Waals surface area contributed by atoms with Gasteiger partial charge in [0.25, 0.3) is 0 Å². The number of rotatable bonds is 4. The molecule has 3 heteroatoms. The molecule has 2 nitrogen and oxygen atoms in total. The molecule has 1 heterocycles. The van der Waals surface area contributed by atoms with Crippen molar-refractivity contribution in [3.05, 3.63) is 29.6 Å². The average Bonchev–Trinajstić information content (AvgIpc) is 2.41. The molecule has 112 valence electrons. The van der Waals surface area contributed by atoms with Gasteiger partial charge < -0.3 is 10.2 Å². The monoisotopic (exact) mass is 278 g/mol. The van der Waals surface area contributed by atoms with Crippen LogP contribution in [0.1, 0.15) is 39.2 Å². The Balaban J connectivity index is 2.17. The molecule has 0 spiro atoms. The van der Waals surface area contributed by atoms with E-state index < -0.39 is 0 Å². The molecule has 2 atom stereocenters. The number of halogens is 1. The third-order valence-corrected chi connectivity index (χ3v) is 4.20. The summed E-state index contributed by atoms with van der Waals surface area (Å²) in [5, 5.41) is 3.66. The van der Waals surface area contributed by atoms with Gasteiger partial charge in [0.15, 0.2) is 0 Å². The number of hydrogen-bond donors (Lipinski definition) is 1. The molecule has 0 aromatic heterocycles. The van der Waals surface area contributed by atoms with E-state index >= 15 is 0 Å². The van der Waals surface area contributed by atoms with Crippen LogP contribution in [0.3, 0.4) is 0 Å². The molecule has 0 amide bonds. The zero-order valence-electron chi connectivity index (χ0n) is 13.1. The van der Waals surface area contributed by atoms with E-state index in [1.807, 2.05) is 19.1 Å². The molecule has 1 N–H and O–H groups in total. The number of aryl methyl sites for hydroxylation is 1. The van der Waals surface area contributed by atoms with Crippen LogP contribution in [0.5, 0.6) is 0 Å². The van der Waals surface area contributed by atoms with Crippen molar-refractivity contribution in [2.24, 2.45) is 5.92 Å². The molecule has 20 heavy (non-hydrogen) atoms. The van der Waals surface area contributed by atoms with E-state index in [4.69, 9.17) is 0 Å². The maximum Gasteiger partial charge on any atom is 0.126 e. The number of nitrogens with one attached hydrogen (secondary N) is 1. The van der Waals surface area contributed by atoms with Gasteiger partial charge in [-0.05, 0) is 49.4 Å². The van der Waals surface area contributed by atoms with Crippen molar-refractivity contribution in [2.75, 3.05) is 18.0 Å². The van der Waals surface area contributed by atoms with Crippen LogP contribution in [0, 0.1) is 18.7 Å². The van der Waals surface area contributed by atoms with Gasteiger partial charge in [-0.1, -0.05) is 20.8 Å². The number of nitrogens with zero attached hydrogens (tertiary/aromatic N) is 1. The van der Waals surface area contributed by atoms with E-state index in [0.717, 1.165) is 30.8 Å². The quantitative estimate of drug-likeness (QED) is 0.902. The fourth-order valence-electron chi connectivity index (χ4n) is 3.08. The Morgan fingerprint density at radius 2 is 2.15 bits per heavy atom. The third kappa shape index (κ3) is 3.51. The molecule has 1 aliphatic rings. The first kappa shape index (κ1) is 15.3. The molecule has 1 aromatic carbocycles. The molecule has 1 aromatic rings. The second-order valence-corrected chi connectivity index (χ2v) is 6.38. The van der Waals surface area contributed by atoms with E-state index in [1.54, 1.807) is 6.07 Å². The predicted molar refractivity (Wildman–Crippen MR) is 83.8 cm³/mol. The lowest BCUT2D eigenvalue weighted by Crippen LogP contribution is -2.56. The van der Waals surface area contributed by atoms with E-state index in [9.17, 15) is 4.39 Å². The lowest BCUT2D eigenvalue weighted by Gasteiger charge is -2.42. The van der Waals surface area contributed by atoms with Crippen molar-refractivity contribution in [2.45, 2.75) is 52.6 Å². The predicted octanol–water partition coefficient (Wildman–Crippen LogP) is 3.74. The Morgan fingerprint density at radius 1 is 1.40 bits per heavy atom. The zero-order valence-corrected chi connectivity index (χ0v) is 13.1. The van der Waals surface area contributed by atoms with Gasteiger partial charge >= 0.3 is 0 Å². The number of benzene rings is 1. The van der Waals surface area contributed by atoms with E-state index in [2.05, 4.69) is 31.0 Å². The fraction of sp³-hybridized carbons (Fsp3) is 0.647. The highest BCUT2D eigenvalue weighted by atomic mass is 19.1. The van der Waals surface area contributed by atoms with Crippen LogP contribution in [0.15, 0.2) is 18.2 Å². The van der Waals surface area contributed by atoms with Crippen molar-refractivity contribution in [1.29, 1.82) is 0 Å². The van der Waals surface area contributed by atoms with Gasteiger partial charge in [-0.3, -0.25) is 0 Å². The first-order valence-corrected chi connectivity index (χ1v) is 7.77. The van der Waals surface area contributed by atoms with Gasteiger partial charge in [0.05, 0.1) is 0 Å². The lowest BCUT2D eigenvalue weighted by atomic mass is 9.98. The summed E-state index contributed by atoms with van der Waals surface area (Å²) >= 11 is 0. The maximum absolute atomic E-state index is 13.5. The Kier molecular flexibility index (Phi) is 5.03. The summed E-state index contributed by atoms with van der Waals surface area (Å²) in [7, 11) is 0. The highest BCUT2D eigenvalue weighted by molar-refractivity contribution is 5.50. The average molecular weight is 278 g/mol. The van der Waals surface area contributed by atoms with Crippen LogP contribution in [-0.4, -0.2) is 25.2 Å². The van der Waals surface area contributed by atoms with Gasteiger partial charge in [0, 0.05) is 30.9 Å². The van der Waals surface area contributed by atoms with Crippen molar-refractivity contribution in [3.8, 4) is 0 Å². The van der Waals surface area contributed by atoms with Crippen molar-refractivity contribution < 1.29 is 4.39 Å². The highest BCUT2D eigenvalue weighted by Gasteiger charge is 2.27. The molecule has 1 saturated heterocycles. The summed E-state index contributed by atoms with van der Waals surface area (Å²) in [4.78, 5) is 2.45. The van der Waals surface area contributed by atoms with Crippen molar-refractivity contribution in [3.63, 3.8) is 0 Å². The molecule has 0 radical (unpaired) electrons. The molecule has 0 aliphatic carbocycles. The number of hydrogen-bond acceptors (Lipinski definition) is 2. The molecule has 1 aliphatic heterocycles. The van der Waals surface area contributed by atoms with Gasteiger partial charge in [0.1, 0.15) is 5.82 Å². The van der Waals surface area contributed by atoms with Crippen LogP contribution >= 0.6 is 0 Å². The normalized spacial score (nSPS) is 23.4. The zero-order chi connectivity index (χ0) is 14.7. The standard InChI is InChI=1S/C17H27FN2/c1-5-15-10-19-14(8-12(2)3)11-20(15)16-6-7-17(18)13(4)9-16/h6-7,9,12,14-15,19H,5,8,10-11H2,1-4H3. The van der Waals surface area contributed by atoms with Gasteiger partial charge in [-0.15, -0.1) is 0 Å². The molecular formula is C17H27FN2. The molecule has 0 bridgehead atoms. The van der Waals surface area contributed by atoms with Gasteiger partial charge in [-0.2, -0.15) is 0 Å². The third-order valence-electron chi connectivity index (χ3n) is 4.20. The Labute approximate surface area is 122 Å². The minimum absolute atomic E-state index is 0.115. The minimum atomic E-state index is -0.115. The van der Waals surface area contributed by atoms with Gasteiger partial charge in [0.2, 0.25) is 0 Å². The van der Waals surface area contributed by atoms with Gasteiger partial charge in [-0.25, -0.2) is 4.39 Å². The fourth-order valence-corrected chi connectivity index (χ4v) is 3.08. The van der Waals surface area contributed by atoms with Crippen molar-refractivity contribution in [1.82, 2.24) is 5.32 Å². The largest absolute Gasteiger partial charge is 0.366 e.